The van der Waals surface area contributed by atoms with Gasteiger partial charge < -0.3 is 0 Å². The van der Waals surface area contributed by atoms with Crippen LogP contribution in [0.2, 0.25) is 5.15 Å². The Morgan fingerprint density at radius 2 is 1.71 bits per heavy atom. The molecular formula is C15H19ClN2O2S. The zero-order valence-corrected chi connectivity index (χ0v) is 13.3. The smallest absolute Gasteiger partial charge is 0.241 e. The van der Waals surface area contributed by atoms with Crippen LogP contribution in [0.15, 0.2) is 23.2 Å². The van der Waals surface area contributed by atoms with Crippen molar-refractivity contribution in [2.45, 2.75) is 43.0 Å². The van der Waals surface area contributed by atoms with Crippen LogP contribution in [0.4, 0.5) is 0 Å². The van der Waals surface area contributed by atoms with Crippen molar-refractivity contribution in [1.29, 1.82) is 0 Å². The predicted molar refractivity (Wildman–Crippen MR) is 80.4 cm³/mol. The van der Waals surface area contributed by atoms with Crippen LogP contribution in [-0.2, 0) is 10.0 Å². The molecule has 0 saturated heterocycles. The molecule has 4 saturated carbocycles. The Morgan fingerprint density at radius 3 is 2.29 bits per heavy atom. The molecule has 4 fully saturated rings. The van der Waals surface area contributed by atoms with Crippen molar-refractivity contribution in [3.8, 4) is 0 Å². The normalized spacial score (nSPS) is 37.9. The number of nitrogens with one attached hydrogen (secondary N) is 1. The number of hydrogen-bond donors (Lipinski definition) is 1. The number of hydrogen-bond acceptors (Lipinski definition) is 3. The van der Waals surface area contributed by atoms with E-state index in [1.165, 1.54) is 50.4 Å². The summed E-state index contributed by atoms with van der Waals surface area (Å²) in [6.07, 6.45) is 7.57. The van der Waals surface area contributed by atoms with Gasteiger partial charge >= 0.3 is 0 Å². The van der Waals surface area contributed by atoms with Gasteiger partial charge in [0.25, 0.3) is 0 Å². The molecule has 114 valence electrons. The summed E-state index contributed by atoms with van der Waals surface area (Å²) in [6, 6.07) is 3.03. The lowest BCUT2D eigenvalue weighted by atomic mass is 9.54. The molecule has 4 aliphatic carbocycles. The highest BCUT2D eigenvalue weighted by Gasteiger charge is 2.49. The summed E-state index contributed by atoms with van der Waals surface area (Å²) >= 11 is 5.81. The Balaban J connectivity index is 1.58. The zero-order chi connectivity index (χ0) is 14.6. The second kappa shape index (κ2) is 4.93. The first-order valence-electron chi connectivity index (χ1n) is 7.65. The Kier molecular flexibility index (Phi) is 3.28. The maximum atomic E-state index is 12.6. The highest BCUT2D eigenvalue weighted by Crippen LogP contribution is 2.53. The molecule has 0 atom stereocenters. The monoisotopic (exact) mass is 326 g/mol. The molecule has 4 aliphatic rings. The van der Waals surface area contributed by atoms with E-state index in [2.05, 4.69) is 9.71 Å². The van der Waals surface area contributed by atoms with Gasteiger partial charge in [-0.05, 0) is 67.9 Å². The maximum Gasteiger partial charge on any atom is 0.241 e. The quantitative estimate of drug-likeness (QED) is 0.869. The number of nitrogens with zero attached hydrogens (tertiary/aromatic N) is 1. The van der Waals surface area contributed by atoms with Gasteiger partial charge in [-0.25, -0.2) is 18.1 Å². The Bertz CT molecular complexity index is 633. The lowest BCUT2D eigenvalue weighted by Crippen LogP contribution is -2.55. The Hall–Kier alpha value is -0.650. The second-order valence-electron chi connectivity index (χ2n) is 6.89. The lowest BCUT2D eigenvalue weighted by Gasteiger charge is -2.54. The van der Waals surface area contributed by atoms with Gasteiger partial charge in [0, 0.05) is 12.2 Å². The molecule has 1 heterocycles. The van der Waals surface area contributed by atoms with E-state index in [1.807, 2.05) is 0 Å². The van der Waals surface area contributed by atoms with Crippen molar-refractivity contribution in [1.82, 2.24) is 9.71 Å². The molecule has 0 spiro atoms. The average molecular weight is 327 g/mol. The number of aromatic nitrogens is 1. The summed E-state index contributed by atoms with van der Waals surface area (Å²) in [5.41, 5.74) is 0. The third-order valence-corrected chi connectivity index (χ3v) is 7.19. The fourth-order valence-electron chi connectivity index (χ4n) is 4.92. The van der Waals surface area contributed by atoms with Gasteiger partial charge in [0.05, 0.1) is 4.90 Å². The van der Waals surface area contributed by atoms with E-state index in [0.29, 0.717) is 11.8 Å². The predicted octanol–water partition coefficient (Wildman–Crippen LogP) is 2.84. The Morgan fingerprint density at radius 1 is 1.10 bits per heavy atom. The van der Waals surface area contributed by atoms with E-state index in [9.17, 15) is 8.42 Å². The van der Waals surface area contributed by atoms with Crippen molar-refractivity contribution in [3.05, 3.63) is 23.5 Å². The summed E-state index contributed by atoms with van der Waals surface area (Å²) in [5.74, 6) is 2.72. The van der Waals surface area contributed by atoms with Gasteiger partial charge in [-0.3, -0.25) is 0 Å². The third-order valence-electron chi connectivity index (χ3n) is 5.53. The number of sulfonamides is 1. The molecular weight excluding hydrogens is 308 g/mol. The SMILES string of the molecule is O=S(=O)(NC1C2CC3CC(C2)CC1C3)c1ccnc(Cl)c1. The molecule has 0 amide bonds. The summed E-state index contributed by atoms with van der Waals surface area (Å²) in [4.78, 5) is 4.07. The van der Waals surface area contributed by atoms with Crippen LogP contribution < -0.4 is 4.72 Å². The lowest BCUT2D eigenvalue weighted by molar-refractivity contribution is -0.00557. The van der Waals surface area contributed by atoms with Crippen LogP contribution in [0.1, 0.15) is 32.1 Å². The van der Waals surface area contributed by atoms with Crippen molar-refractivity contribution < 1.29 is 8.42 Å². The van der Waals surface area contributed by atoms with Gasteiger partial charge in [-0.2, -0.15) is 0 Å². The first-order chi connectivity index (χ1) is 10.0. The minimum atomic E-state index is -3.50. The van der Waals surface area contributed by atoms with Crippen molar-refractivity contribution >= 4 is 21.6 Å². The van der Waals surface area contributed by atoms with Crippen molar-refractivity contribution in [2.24, 2.45) is 23.7 Å². The summed E-state index contributed by atoms with van der Waals surface area (Å²) in [5, 5.41) is 0.211. The summed E-state index contributed by atoms with van der Waals surface area (Å²) in [6.45, 7) is 0. The van der Waals surface area contributed by atoms with Crippen LogP contribution in [0, 0.1) is 23.7 Å². The third kappa shape index (κ3) is 2.49. The van der Waals surface area contributed by atoms with Gasteiger partial charge in [0.15, 0.2) is 0 Å². The first-order valence-corrected chi connectivity index (χ1v) is 9.51. The fourth-order valence-corrected chi connectivity index (χ4v) is 6.54. The van der Waals surface area contributed by atoms with Crippen LogP contribution in [0.3, 0.4) is 0 Å². The van der Waals surface area contributed by atoms with Crippen LogP contribution >= 0.6 is 11.6 Å². The number of halogens is 1. The van der Waals surface area contributed by atoms with Crippen LogP contribution in [-0.4, -0.2) is 19.4 Å². The van der Waals surface area contributed by atoms with E-state index in [-0.39, 0.29) is 16.1 Å². The number of rotatable bonds is 3. The van der Waals surface area contributed by atoms with Gasteiger partial charge in [0.1, 0.15) is 5.15 Å². The van der Waals surface area contributed by atoms with E-state index < -0.39 is 10.0 Å². The molecule has 6 heteroatoms. The molecule has 21 heavy (non-hydrogen) atoms. The van der Waals surface area contributed by atoms with E-state index in [0.717, 1.165) is 11.8 Å². The number of pyridine rings is 1. The van der Waals surface area contributed by atoms with Gasteiger partial charge in [-0.1, -0.05) is 11.6 Å². The first kappa shape index (κ1) is 14.0. The highest BCUT2D eigenvalue weighted by atomic mass is 35.5. The zero-order valence-electron chi connectivity index (χ0n) is 11.7. The molecule has 0 aromatic carbocycles. The summed E-state index contributed by atoms with van der Waals surface area (Å²) < 4.78 is 28.1. The van der Waals surface area contributed by atoms with Gasteiger partial charge in [0.2, 0.25) is 10.0 Å². The second-order valence-corrected chi connectivity index (χ2v) is 8.99. The standard InChI is InChI=1S/C15H19ClN2O2S/c16-14-8-13(1-2-17-14)21(19,20)18-15-11-4-9-3-10(6-11)7-12(15)5-9/h1-2,8-12,15,18H,3-7H2. The molecule has 1 aromatic rings. The topological polar surface area (TPSA) is 59.1 Å². The largest absolute Gasteiger partial charge is 0.244 e. The fraction of sp³-hybridized carbons (Fsp3) is 0.667. The highest BCUT2D eigenvalue weighted by molar-refractivity contribution is 7.89. The molecule has 0 radical (unpaired) electrons. The molecule has 0 aliphatic heterocycles. The maximum absolute atomic E-state index is 12.6. The molecule has 0 unspecified atom stereocenters. The van der Waals surface area contributed by atoms with E-state index in [4.69, 9.17) is 11.6 Å². The van der Waals surface area contributed by atoms with E-state index in [1.54, 1.807) is 0 Å². The molecule has 5 rings (SSSR count). The minimum Gasteiger partial charge on any atom is -0.244 e. The summed E-state index contributed by atoms with van der Waals surface area (Å²) in [7, 11) is -3.50. The average Bonchev–Trinajstić information content (AvgIpc) is 2.42. The van der Waals surface area contributed by atoms with Crippen LogP contribution in [0.5, 0.6) is 0 Å². The molecule has 4 nitrogen and oxygen atoms in total. The molecule has 1 N–H and O–H groups in total. The molecule has 1 aromatic heterocycles. The van der Waals surface area contributed by atoms with E-state index >= 15 is 0 Å². The van der Waals surface area contributed by atoms with Crippen molar-refractivity contribution in [2.75, 3.05) is 0 Å². The van der Waals surface area contributed by atoms with Crippen molar-refractivity contribution in [3.63, 3.8) is 0 Å². The van der Waals surface area contributed by atoms with Crippen LogP contribution in [0.25, 0.3) is 0 Å². The minimum absolute atomic E-state index is 0.106. The molecule has 4 bridgehead atoms. The van der Waals surface area contributed by atoms with Gasteiger partial charge in [-0.15, -0.1) is 0 Å². The Labute approximate surface area is 130 Å².